The van der Waals surface area contributed by atoms with Crippen LogP contribution in [0.2, 0.25) is 0 Å². The van der Waals surface area contributed by atoms with Crippen LogP contribution in [0.1, 0.15) is 55.7 Å². The number of benzene rings is 2. The number of nitrogens with zero attached hydrogens (tertiary/aromatic N) is 1. The Balaban J connectivity index is 1.66. The summed E-state index contributed by atoms with van der Waals surface area (Å²) in [7, 11) is 0. The molecular formula is C28H31N3O4. The molecule has 1 aliphatic carbocycles. The molecule has 3 amide bonds. The van der Waals surface area contributed by atoms with Gasteiger partial charge in [0.15, 0.2) is 0 Å². The Morgan fingerprint density at radius 1 is 0.971 bits per heavy atom. The van der Waals surface area contributed by atoms with Gasteiger partial charge in [-0.15, -0.1) is 0 Å². The Hall–Kier alpha value is -3.87. The molecule has 1 atom stereocenters. The number of hydrogen-bond donors (Lipinski definition) is 2. The van der Waals surface area contributed by atoms with Gasteiger partial charge in [-0.2, -0.15) is 0 Å². The van der Waals surface area contributed by atoms with Crippen molar-refractivity contribution in [2.75, 3.05) is 5.32 Å². The summed E-state index contributed by atoms with van der Waals surface area (Å²) in [5, 5.41) is 5.69. The molecule has 7 nitrogen and oxygen atoms in total. The van der Waals surface area contributed by atoms with Crippen LogP contribution in [0.15, 0.2) is 71.3 Å². The van der Waals surface area contributed by atoms with Crippen molar-refractivity contribution < 1.29 is 18.8 Å². The number of rotatable bonds is 6. The topological polar surface area (TPSA) is 91.7 Å². The Labute approximate surface area is 205 Å². The van der Waals surface area contributed by atoms with Crippen LogP contribution in [0, 0.1) is 0 Å². The van der Waals surface area contributed by atoms with Crippen LogP contribution in [0.5, 0.6) is 0 Å². The molecule has 35 heavy (non-hydrogen) atoms. The highest BCUT2D eigenvalue weighted by molar-refractivity contribution is 6.39. The van der Waals surface area contributed by atoms with Crippen molar-refractivity contribution in [2.24, 2.45) is 0 Å². The molecule has 2 aromatic carbocycles. The van der Waals surface area contributed by atoms with Crippen LogP contribution < -0.4 is 10.6 Å². The molecule has 182 valence electrons. The van der Waals surface area contributed by atoms with Gasteiger partial charge in [0.1, 0.15) is 11.8 Å². The maximum Gasteiger partial charge on any atom is 0.313 e. The summed E-state index contributed by atoms with van der Waals surface area (Å²) in [6.45, 7) is 5.56. The lowest BCUT2D eigenvalue weighted by Crippen LogP contribution is -2.51. The fraction of sp³-hybridized carbons (Fsp3) is 0.321. The van der Waals surface area contributed by atoms with Crippen molar-refractivity contribution in [3.05, 3.63) is 89.4 Å². The van der Waals surface area contributed by atoms with Crippen molar-refractivity contribution in [3.8, 4) is 0 Å². The second kappa shape index (κ2) is 10.2. The number of aryl methyl sites for hydroxylation is 2. The predicted octanol–water partition coefficient (Wildman–Crippen LogP) is 4.39. The van der Waals surface area contributed by atoms with Gasteiger partial charge in [0.05, 0.1) is 12.8 Å². The summed E-state index contributed by atoms with van der Waals surface area (Å²) >= 11 is 0. The number of fused-ring (bicyclic) bond motifs is 1. The van der Waals surface area contributed by atoms with E-state index in [1.165, 1.54) is 22.3 Å². The van der Waals surface area contributed by atoms with Gasteiger partial charge in [-0.1, -0.05) is 36.4 Å². The maximum absolute atomic E-state index is 13.6. The molecule has 7 heteroatoms. The molecule has 2 N–H and O–H groups in total. The van der Waals surface area contributed by atoms with Crippen LogP contribution in [-0.2, 0) is 33.8 Å². The van der Waals surface area contributed by atoms with Crippen LogP contribution in [-0.4, -0.2) is 28.2 Å². The zero-order chi connectivity index (χ0) is 25.0. The van der Waals surface area contributed by atoms with Crippen molar-refractivity contribution in [3.63, 3.8) is 0 Å². The average Bonchev–Trinajstić information content (AvgIpc) is 3.49. The van der Waals surface area contributed by atoms with E-state index in [2.05, 4.69) is 10.6 Å². The average molecular weight is 474 g/mol. The standard InChI is InChI=1S/C28H31N3O4/c1-28(2,3)30-25(32)24(20-9-5-4-6-10-20)31(18-23-13-8-16-35-23)27(34)26(33)29-22-15-14-19-11-7-12-21(19)17-22/h4-6,8-10,13-17,24H,7,11-12,18H2,1-3H3,(H,29,33)(H,30,32)/t24-/m0/s1. The second-order valence-corrected chi connectivity index (χ2v) is 9.86. The van der Waals surface area contributed by atoms with Crippen molar-refractivity contribution in [1.29, 1.82) is 0 Å². The molecule has 0 saturated carbocycles. The summed E-state index contributed by atoms with van der Waals surface area (Å²) in [5.41, 5.74) is 3.10. The Morgan fingerprint density at radius 3 is 2.40 bits per heavy atom. The summed E-state index contributed by atoms with van der Waals surface area (Å²) in [5.74, 6) is -1.54. The van der Waals surface area contributed by atoms with E-state index in [9.17, 15) is 14.4 Å². The van der Waals surface area contributed by atoms with Gasteiger partial charge >= 0.3 is 11.8 Å². The highest BCUT2D eigenvalue weighted by Gasteiger charge is 2.36. The third kappa shape index (κ3) is 5.98. The molecule has 0 saturated heterocycles. The Morgan fingerprint density at radius 2 is 1.71 bits per heavy atom. The quantitative estimate of drug-likeness (QED) is 0.520. The smallest absolute Gasteiger partial charge is 0.313 e. The zero-order valence-electron chi connectivity index (χ0n) is 20.3. The van der Waals surface area contributed by atoms with Gasteiger partial charge in [0.25, 0.3) is 0 Å². The fourth-order valence-corrected chi connectivity index (χ4v) is 4.36. The van der Waals surface area contributed by atoms with E-state index in [-0.39, 0.29) is 12.5 Å². The monoisotopic (exact) mass is 473 g/mol. The van der Waals surface area contributed by atoms with E-state index in [1.807, 2.05) is 45.0 Å². The van der Waals surface area contributed by atoms with Crippen LogP contribution in [0.4, 0.5) is 5.69 Å². The molecular weight excluding hydrogens is 442 g/mol. The first-order valence-corrected chi connectivity index (χ1v) is 11.8. The molecule has 4 rings (SSSR count). The third-order valence-electron chi connectivity index (χ3n) is 5.89. The summed E-state index contributed by atoms with van der Waals surface area (Å²) in [4.78, 5) is 41.5. The molecule has 0 spiro atoms. The SMILES string of the molecule is CC(C)(C)NC(=O)[C@H](c1ccccc1)N(Cc1ccco1)C(=O)C(=O)Nc1ccc2c(c1)CCC2. The first-order valence-electron chi connectivity index (χ1n) is 11.8. The minimum atomic E-state index is -1.03. The molecule has 1 aliphatic rings. The van der Waals surface area contributed by atoms with Gasteiger partial charge in [0, 0.05) is 11.2 Å². The molecule has 0 unspecified atom stereocenters. The minimum Gasteiger partial charge on any atom is -0.467 e. The highest BCUT2D eigenvalue weighted by atomic mass is 16.3. The summed E-state index contributed by atoms with van der Waals surface area (Å²) in [6.07, 6.45) is 4.57. The minimum absolute atomic E-state index is 0.0411. The van der Waals surface area contributed by atoms with Crippen LogP contribution in [0.3, 0.4) is 0 Å². The van der Waals surface area contributed by atoms with Crippen LogP contribution >= 0.6 is 0 Å². The molecule has 3 aromatic rings. The van der Waals surface area contributed by atoms with E-state index in [1.54, 1.807) is 36.4 Å². The summed E-state index contributed by atoms with van der Waals surface area (Å²) in [6, 6.07) is 17.1. The Kier molecular flexibility index (Phi) is 7.05. The number of carbonyl (C=O) groups excluding carboxylic acids is 3. The largest absolute Gasteiger partial charge is 0.467 e. The molecule has 0 radical (unpaired) electrons. The van der Waals surface area contributed by atoms with Crippen molar-refractivity contribution >= 4 is 23.4 Å². The van der Waals surface area contributed by atoms with Crippen molar-refractivity contribution in [2.45, 2.75) is 58.2 Å². The first-order chi connectivity index (χ1) is 16.7. The highest BCUT2D eigenvalue weighted by Crippen LogP contribution is 2.27. The lowest BCUT2D eigenvalue weighted by molar-refractivity contribution is -0.149. The number of hydrogen-bond acceptors (Lipinski definition) is 4. The normalized spacial score (nSPS) is 13.6. The van der Waals surface area contributed by atoms with Crippen LogP contribution in [0.25, 0.3) is 0 Å². The second-order valence-electron chi connectivity index (χ2n) is 9.86. The van der Waals surface area contributed by atoms with E-state index in [4.69, 9.17) is 4.42 Å². The van der Waals surface area contributed by atoms with Gasteiger partial charge in [-0.25, -0.2) is 0 Å². The molecule has 0 aliphatic heterocycles. The molecule has 1 aromatic heterocycles. The number of furan rings is 1. The Bertz CT molecular complexity index is 1200. The number of anilines is 1. The fourth-order valence-electron chi connectivity index (χ4n) is 4.36. The van der Waals surface area contributed by atoms with E-state index >= 15 is 0 Å². The van der Waals surface area contributed by atoms with Gasteiger partial charge in [0.2, 0.25) is 5.91 Å². The molecule has 1 heterocycles. The lowest BCUT2D eigenvalue weighted by Gasteiger charge is -2.32. The predicted molar refractivity (Wildman–Crippen MR) is 133 cm³/mol. The number of carbonyl (C=O) groups is 3. The number of nitrogens with one attached hydrogen (secondary N) is 2. The van der Waals surface area contributed by atoms with Crippen molar-refractivity contribution in [1.82, 2.24) is 10.2 Å². The molecule has 0 bridgehead atoms. The van der Waals surface area contributed by atoms with E-state index in [0.29, 0.717) is 17.0 Å². The maximum atomic E-state index is 13.6. The van der Waals surface area contributed by atoms with Gasteiger partial charge < -0.3 is 20.0 Å². The van der Waals surface area contributed by atoms with Gasteiger partial charge in [-0.3, -0.25) is 14.4 Å². The molecule has 0 fully saturated rings. The number of amides is 3. The first kappa shape index (κ1) is 24.3. The third-order valence-corrected chi connectivity index (χ3v) is 5.89. The van der Waals surface area contributed by atoms with Gasteiger partial charge in [-0.05, 0) is 81.0 Å². The van der Waals surface area contributed by atoms with E-state index < -0.39 is 23.4 Å². The van der Waals surface area contributed by atoms with E-state index in [0.717, 1.165) is 19.3 Å². The summed E-state index contributed by atoms with van der Waals surface area (Å²) < 4.78 is 5.47. The zero-order valence-corrected chi connectivity index (χ0v) is 20.3. The lowest BCUT2D eigenvalue weighted by atomic mass is 10.0.